The molecule has 238 valence electrons. The number of rotatable bonds is 12. The molecular formula is C36H33Cl4N3O3. The van der Waals surface area contributed by atoms with Crippen LogP contribution in [0.1, 0.15) is 23.1 Å². The molecule has 4 aromatic carbocycles. The first-order chi connectivity index (χ1) is 22.2. The van der Waals surface area contributed by atoms with Crippen molar-refractivity contribution >= 4 is 64.1 Å². The third-order valence-electron chi connectivity index (χ3n) is 8.04. The smallest absolute Gasteiger partial charge is 0.247 e. The number of halogens is 4. The topological polar surface area (TPSA) is 69.7 Å². The highest BCUT2D eigenvalue weighted by molar-refractivity contribution is 6.35. The molecule has 3 amide bonds. The van der Waals surface area contributed by atoms with Crippen LogP contribution in [0.5, 0.6) is 0 Å². The van der Waals surface area contributed by atoms with Gasteiger partial charge in [0.15, 0.2) is 0 Å². The Hall–Kier alpha value is -3.55. The molecule has 10 heteroatoms. The monoisotopic (exact) mass is 695 g/mol. The minimum absolute atomic E-state index is 0.166. The lowest BCUT2D eigenvalue weighted by atomic mass is 10.0. The van der Waals surface area contributed by atoms with Crippen molar-refractivity contribution in [3.63, 3.8) is 0 Å². The normalized spacial score (nSPS) is 15.6. The van der Waals surface area contributed by atoms with Gasteiger partial charge in [0, 0.05) is 34.6 Å². The third-order valence-corrected chi connectivity index (χ3v) is 9.27. The highest BCUT2D eigenvalue weighted by Gasteiger charge is 2.42. The van der Waals surface area contributed by atoms with Crippen LogP contribution in [0.2, 0.25) is 15.1 Å². The highest BCUT2D eigenvalue weighted by atomic mass is 35.5. The van der Waals surface area contributed by atoms with Crippen molar-refractivity contribution in [2.24, 2.45) is 0 Å². The minimum atomic E-state index is -0.990. The van der Waals surface area contributed by atoms with Crippen molar-refractivity contribution in [3.05, 3.63) is 129 Å². The zero-order valence-electron chi connectivity index (χ0n) is 25.0. The van der Waals surface area contributed by atoms with E-state index >= 15 is 0 Å². The molecule has 1 aliphatic heterocycles. The van der Waals surface area contributed by atoms with Gasteiger partial charge < -0.3 is 15.1 Å². The average Bonchev–Trinajstić information content (AvgIpc) is 3.05. The molecule has 2 atom stereocenters. The highest BCUT2D eigenvalue weighted by Crippen LogP contribution is 2.25. The Bertz CT molecular complexity index is 1670. The van der Waals surface area contributed by atoms with Crippen LogP contribution >= 0.6 is 46.4 Å². The quantitative estimate of drug-likeness (QED) is 0.124. The van der Waals surface area contributed by atoms with Gasteiger partial charge in [0.1, 0.15) is 18.1 Å². The van der Waals surface area contributed by atoms with Gasteiger partial charge in [-0.05, 0) is 64.9 Å². The Kier molecular flexibility index (Phi) is 11.6. The van der Waals surface area contributed by atoms with E-state index < -0.39 is 11.5 Å². The molecule has 0 radical (unpaired) electrons. The standard InChI is InChI=1S/C36H33Cl4N3O3/c37-29-13-8-25(9-14-29)20-33(40)43-23-35(45)42(19-17-24-6-10-27(11-7-24)26-4-2-1-3-5-26)32(36(43)46)22-34(44)41-18-16-28-12-15-30(38)21-31(28)39/h1-15,21,32-33H,16-20,22-23H2,(H,41,44). The molecule has 0 aliphatic carbocycles. The third kappa shape index (κ3) is 8.83. The second-order valence-corrected chi connectivity index (χ2v) is 13.0. The number of nitrogens with zero attached hydrogens (tertiary/aromatic N) is 2. The molecule has 1 heterocycles. The number of hydrogen-bond donors (Lipinski definition) is 1. The molecule has 0 bridgehead atoms. The first kappa shape index (κ1) is 33.8. The van der Waals surface area contributed by atoms with E-state index in [0.717, 1.165) is 27.8 Å². The lowest BCUT2D eigenvalue weighted by molar-refractivity contribution is -0.157. The summed E-state index contributed by atoms with van der Waals surface area (Å²) >= 11 is 25.0. The summed E-state index contributed by atoms with van der Waals surface area (Å²) in [6.07, 6.45) is 1.15. The number of alkyl halides is 1. The Morgan fingerprint density at radius 1 is 0.804 bits per heavy atom. The lowest BCUT2D eigenvalue weighted by Crippen LogP contribution is -2.62. The van der Waals surface area contributed by atoms with Crippen LogP contribution in [0.4, 0.5) is 0 Å². The van der Waals surface area contributed by atoms with Gasteiger partial charge in [0.25, 0.3) is 0 Å². The van der Waals surface area contributed by atoms with Crippen LogP contribution in [0.25, 0.3) is 11.1 Å². The lowest BCUT2D eigenvalue weighted by Gasteiger charge is -2.42. The summed E-state index contributed by atoms with van der Waals surface area (Å²) in [7, 11) is 0. The summed E-state index contributed by atoms with van der Waals surface area (Å²) in [5.41, 5.74) is 4.16. The summed E-state index contributed by atoms with van der Waals surface area (Å²) < 4.78 is 0. The second kappa shape index (κ2) is 15.8. The molecule has 0 aromatic heterocycles. The molecular weight excluding hydrogens is 664 g/mol. The van der Waals surface area contributed by atoms with E-state index in [1.807, 2.05) is 60.7 Å². The van der Waals surface area contributed by atoms with Crippen LogP contribution in [-0.4, -0.2) is 58.7 Å². The maximum absolute atomic E-state index is 13.9. The van der Waals surface area contributed by atoms with E-state index in [2.05, 4.69) is 17.4 Å². The van der Waals surface area contributed by atoms with Gasteiger partial charge in [-0.2, -0.15) is 0 Å². The molecule has 0 spiro atoms. The zero-order chi connectivity index (χ0) is 32.6. The predicted octanol–water partition coefficient (Wildman–Crippen LogP) is 7.45. The summed E-state index contributed by atoms with van der Waals surface area (Å²) in [4.78, 5) is 43.5. The molecule has 5 rings (SSSR count). The molecule has 6 nitrogen and oxygen atoms in total. The SMILES string of the molecule is O=C(CC1C(=O)N(C(Cl)Cc2ccc(Cl)cc2)CC(=O)N1CCc1ccc(-c2ccccc2)cc1)NCCc1ccc(Cl)cc1Cl. The molecule has 4 aromatic rings. The Labute approximate surface area is 289 Å². The van der Waals surface area contributed by atoms with Crippen LogP contribution < -0.4 is 5.32 Å². The van der Waals surface area contributed by atoms with Gasteiger partial charge in [-0.1, -0.05) is 119 Å². The molecule has 46 heavy (non-hydrogen) atoms. The van der Waals surface area contributed by atoms with Crippen molar-refractivity contribution in [2.75, 3.05) is 19.6 Å². The van der Waals surface area contributed by atoms with Gasteiger partial charge in [-0.15, -0.1) is 0 Å². The molecule has 0 saturated carbocycles. The summed E-state index contributed by atoms with van der Waals surface area (Å²) in [5, 5.41) is 4.51. The van der Waals surface area contributed by atoms with E-state index in [1.165, 1.54) is 9.80 Å². The Morgan fingerprint density at radius 2 is 1.46 bits per heavy atom. The number of carbonyl (C=O) groups excluding carboxylic acids is 3. The van der Waals surface area contributed by atoms with Gasteiger partial charge >= 0.3 is 0 Å². The zero-order valence-corrected chi connectivity index (χ0v) is 28.0. The molecule has 2 unspecified atom stereocenters. The maximum Gasteiger partial charge on any atom is 0.247 e. The van der Waals surface area contributed by atoms with Crippen LogP contribution in [-0.2, 0) is 33.6 Å². The van der Waals surface area contributed by atoms with Gasteiger partial charge in [0.2, 0.25) is 17.7 Å². The van der Waals surface area contributed by atoms with Crippen molar-refractivity contribution in [1.29, 1.82) is 0 Å². The van der Waals surface area contributed by atoms with Crippen LogP contribution in [0.15, 0.2) is 97.1 Å². The van der Waals surface area contributed by atoms with Crippen LogP contribution in [0.3, 0.4) is 0 Å². The number of hydrogen-bond acceptors (Lipinski definition) is 3. The Morgan fingerprint density at radius 3 is 2.15 bits per heavy atom. The van der Waals surface area contributed by atoms with Crippen LogP contribution in [0, 0.1) is 0 Å². The summed E-state index contributed by atoms with van der Waals surface area (Å²) in [6, 6.07) is 29.6. The molecule has 1 N–H and O–H groups in total. The van der Waals surface area contributed by atoms with Gasteiger partial charge in [-0.3, -0.25) is 14.4 Å². The number of benzene rings is 4. The fraction of sp³-hybridized carbons (Fsp3) is 0.250. The Balaban J connectivity index is 1.27. The van der Waals surface area contributed by atoms with E-state index in [0.29, 0.717) is 40.9 Å². The van der Waals surface area contributed by atoms with Gasteiger partial charge in [0.05, 0.1) is 6.42 Å². The second-order valence-electron chi connectivity index (χ2n) is 11.2. The maximum atomic E-state index is 13.9. The fourth-order valence-corrected chi connectivity index (χ4v) is 6.48. The molecule has 1 fully saturated rings. The van der Waals surface area contributed by atoms with Crippen molar-refractivity contribution in [2.45, 2.75) is 37.2 Å². The first-order valence-electron chi connectivity index (χ1n) is 15.0. The number of amides is 3. The first-order valence-corrected chi connectivity index (χ1v) is 16.6. The predicted molar refractivity (Wildman–Crippen MR) is 185 cm³/mol. The van der Waals surface area contributed by atoms with E-state index in [4.69, 9.17) is 46.4 Å². The number of piperazine rings is 1. The fourth-order valence-electron chi connectivity index (χ4n) is 5.51. The van der Waals surface area contributed by atoms with Crippen molar-refractivity contribution in [3.8, 4) is 11.1 Å². The molecule has 1 saturated heterocycles. The van der Waals surface area contributed by atoms with E-state index in [-0.39, 0.29) is 37.2 Å². The van der Waals surface area contributed by atoms with Crippen molar-refractivity contribution in [1.82, 2.24) is 15.1 Å². The number of carbonyl (C=O) groups is 3. The average molecular weight is 697 g/mol. The van der Waals surface area contributed by atoms with Crippen molar-refractivity contribution < 1.29 is 14.4 Å². The largest absolute Gasteiger partial charge is 0.356 e. The minimum Gasteiger partial charge on any atom is -0.356 e. The summed E-state index contributed by atoms with van der Waals surface area (Å²) in [5.74, 6) is -0.962. The van der Waals surface area contributed by atoms with E-state index in [1.54, 1.807) is 24.3 Å². The van der Waals surface area contributed by atoms with Gasteiger partial charge in [-0.25, -0.2) is 0 Å². The van der Waals surface area contributed by atoms with E-state index in [9.17, 15) is 14.4 Å². The molecule has 1 aliphatic rings. The summed E-state index contributed by atoms with van der Waals surface area (Å²) in [6.45, 7) is 0.424. The number of nitrogens with one attached hydrogen (secondary N) is 1.